The second kappa shape index (κ2) is 5.11. The highest BCUT2D eigenvalue weighted by atomic mass is 16.4. The van der Waals surface area contributed by atoms with Crippen LogP contribution in [0.2, 0.25) is 0 Å². The fraction of sp³-hybridized carbons (Fsp3) is 0.800. The van der Waals surface area contributed by atoms with Crippen LogP contribution in [0.1, 0.15) is 20.3 Å². The number of nitrogens with zero attached hydrogens (tertiary/aromatic N) is 2. The Hall–Kier alpha value is -1.10. The molecule has 1 aliphatic heterocycles. The van der Waals surface area contributed by atoms with E-state index in [9.17, 15) is 9.59 Å². The first kappa shape index (κ1) is 12.0. The van der Waals surface area contributed by atoms with Gasteiger partial charge in [-0.2, -0.15) is 0 Å². The van der Waals surface area contributed by atoms with Gasteiger partial charge in [-0.05, 0) is 6.92 Å². The van der Waals surface area contributed by atoms with Crippen LogP contribution in [0, 0.1) is 0 Å². The van der Waals surface area contributed by atoms with Gasteiger partial charge in [-0.3, -0.25) is 14.5 Å². The van der Waals surface area contributed by atoms with Crippen molar-refractivity contribution in [3.63, 3.8) is 0 Å². The third-order valence-electron chi connectivity index (χ3n) is 2.87. The molecule has 0 bridgehead atoms. The highest BCUT2D eigenvalue weighted by Crippen LogP contribution is 2.07. The summed E-state index contributed by atoms with van der Waals surface area (Å²) in [6.07, 6.45) is 0.522. The Labute approximate surface area is 89.7 Å². The fourth-order valence-corrected chi connectivity index (χ4v) is 1.74. The molecule has 0 aliphatic carbocycles. The van der Waals surface area contributed by atoms with Crippen molar-refractivity contribution in [1.82, 2.24) is 9.80 Å². The van der Waals surface area contributed by atoms with E-state index in [4.69, 9.17) is 5.11 Å². The Morgan fingerprint density at radius 2 is 1.80 bits per heavy atom. The minimum Gasteiger partial charge on any atom is -0.480 e. The number of carbonyl (C=O) groups excluding carboxylic acids is 1. The van der Waals surface area contributed by atoms with Gasteiger partial charge in [0.15, 0.2) is 0 Å². The van der Waals surface area contributed by atoms with E-state index >= 15 is 0 Å². The Morgan fingerprint density at radius 3 is 2.20 bits per heavy atom. The molecule has 0 spiro atoms. The molecule has 1 amide bonds. The van der Waals surface area contributed by atoms with Crippen molar-refractivity contribution in [2.45, 2.75) is 26.3 Å². The van der Waals surface area contributed by atoms with Crippen LogP contribution in [0.25, 0.3) is 0 Å². The van der Waals surface area contributed by atoms with E-state index in [1.165, 1.54) is 0 Å². The lowest BCUT2D eigenvalue weighted by Gasteiger charge is -2.36. The van der Waals surface area contributed by atoms with E-state index in [1.807, 2.05) is 11.8 Å². The summed E-state index contributed by atoms with van der Waals surface area (Å²) in [5.74, 6) is -0.650. The molecule has 15 heavy (non-hydrogen) atoms. The number of rotatable bonds is 3. The van der Waals surface area contributed by atoms with E-state index in [-0.39, 0.29) is 5.91 Å². The van der Waals surface area contributed by atoms with E-state index in [2.05, 4.69) is 0 Å². The standard InChI is InChI=1S/C10H18N2O3/c1-3-9(13)12-6-4-11(5-7-12)8(2)10(14)15/h8H,3-7H2,1-2H3,(H,14,15). The smallest absolute Gasteiger partial charge is 0.320 e. The average Bonchev–Trinajstić information content (AvgIpc) is 2.27. The van der Waals surface area contributed by atoms with E-state index in [0.717, 1.165) is 0 Å². The molecule has 5 heteroatoms. The number of hydrogen-bond acceptors (Lipinski definition) is 3. The minimum absolute atomic E-state index is 0.151. The molecular weight excluding hydrogens is 196 g/mol. The molecule has 1 aliphatic rings. The zero-order valence-electron chi connectivity index (χ0n) is 9.27. The Morgan fingerprint density at radius 1 is 1.27 bits per heavy atom. The topological polar surface area (TPSA) is 60.9 Å². The van der Waals surface area contributed by atoms with Crippen molar-refractivity contribution in [2.24, 2.45) is 0 Å². The molecule has 1 rings (SSSR count). The maximum atomic E-state index is 11.4. The SMILES string of the molecule is CCC(=O)N1CCN(C(C)C(=O)O)CC1. The summed E-state index contributed by atoms with van der Waals surface area (Å²) in [6, 6.07) is -0.455. The normalized spacial score (nSPS) is 20.0. The van der Waals surface area contributed by atoms with Crippen molar-refractivity contribution in [1.29, 1.82) is 0 Å². The van der Waals surface area contributed by atoms with Gasteiger partial charge in [0, 0.05) is 32.6 Å². The maximum absolute atomic E-state index is 11.4. The Kier molecular flexibility index (Phi) is 4.08. The lowest BCUT2D eigenvalue weighted by Crippen LogP contribution is -2.53. The summed E-state index contributed by atoms with van der Waals surface area (Å²) < 4.78 is 0. The van der Waals surface area contributed by atoms with Crippen LogP contribution >= 0.6 is 0 Å². The third-order valence-corrected chi connectivity index (χ3v) is 2.87. The molecule has 5 nitrogen and oxygen atoms in total. The van der Waals surface area contributed by atoms with Crippen LogP contribution in [0.3, 0.4) is 0 Å². The van der Waals surface area contributed by atoms with Crippen LogP contribution < -0.4 is 0 Å². The monoisotopic (exact) mass is 214 g/mol. The highest BCUT2D eigenvalue weighted by molar-refractivity contribution is 5.76. The predicted octanol–water partition coefficient (Wildman–Crippen LogP) is 0.0137. The number of carbonyl (C=O) groups is 2. The Bertz CT molecular complexity index is 247. The molecule has 0 aromatic heterocycles. The van der Waals surface area contributed by atoms with Crippen LogP contribution in [0.4, 0.5) is 0 Å². The van der Waals surface area contributed by atoms with Gasteiger partial charge in [-0.1, -0.05) is 6.92 Å². The van der Waals surface area contributed by atoms with Gasteiger partial charge >= 0.3 is 5.97 Å². The van der Waals surface area contributed by atoms with Crippen LogP contribution in [-0.2, 0) is 9.59 Å². The van der Waals surface area contributed by atoms with Gasteiger partial charge in [0.05, 0.1) is 0 Å². The molecule has 1 heterocycles. The highest BCUT2D eigenvalue weighted by Gasteiger charge is 2.26. The fourth-order valence-electron chi connectivity index (χ4n) is 1.74. The number of piperazine rings is 1. The number of hydrogen-bond donors (Lipinski definition) is 1. The summed E-state index contributed by atoms with van der Waals surface area (Å²) in [7, 11) is 0. The van der Waals surface area contributed by atoms with Crippen molar-refractivity contribution < 1.29 is 14.7 Å². The second-order valence-electron chi connectivity index (χ2n) is 3.78. The molecule has 0 saturated carbocycles. The molecule has 1 atom stereocenters. The molecule has 1 fully saturated rings. The van der Waals surface area contributed by atoms with Gasteiger partial charge in [0.25, 0.3) is 0 Å². The molecule has 86 valence electrons. The van der Waals surface area contributed by atoms with Crippen LogP contribution in [-0.4, -0.2) is 59.0 Å². The quantitative estimate of drug-likeness (QED) is 0.719. The van der Waals surface area contributed by atoms with Crippen molar-refractivity contribution >= 4 is 11.9 Å². The van der Waals surface area contributed by atoms with Crippen LogP contribution in [0.5, 0.6) is 0 Å². The van der Waals surface area contributed by atoms with Crippen molar-refractivity contribution in [3.8, 4) is 0 Å². The number of amides is 1. The largest absolute Gasteiger partial charge is 0.480 e. The summed E-state index contributed by atoms with van der Waals surface area (Å²) in [6.45, 7) is 6.11. The van der Waals surface area contributed by atoms with Gasteiger partial charge in [-0.15, -0.1) is 0 Å². The maximum Gasteiger partial charge on any atom is 0.320 e. The minimum atomic E-state index is -0.801. The lowest BCUT2D eigenvalue weighted by molar-refractivity contribution is -0.144. The second-order valence-corrected chi connectivity index (χ2v) is 3.78. The summed E-state index contributed by atoms with van der Waals surface area (Å²) in [5.41, 5.74) is 0. The van der Waals surface area contributed by atoms with E-state index in [0.29, 0.717) is 32.6 Å². The summed E-state index contributed by atoms with van der Waals surface area (Å²) >= 11 is 0. The zero-order valence-corrected chi connectivity index (χ0v) is 9.27. The molecular formula is C10H18N2O3. The summed E-state index contributed by atoms with van der Waals surface area (Å²) in [5, 5.41) is 8.83. The van der Waals surface area contributed by atoms with Crippen molar-refractivity contribution in [2.75, 3.05) is 26.2 Å². The third kappa shape index (κ3) is 2.92. The van der Waals surface area contributed by atoms with E-state index < -0.39 is 12.0 Å². The number of carboxylic acid groups (broad SMARTS) is 1. The Balaban J connectivity index is 2.42. The number of aliphatic carboxylic acids is 1. The number of carboxylic acids is 1. The van der Waals surface area contributed by atoms with Gasteiger partial charge in [0.1, 0.15) is 6.04 Å². The summed E-state index contributed by atoms with van der Waals surface area (Å²) in [4.78, 5) is 25.8. The van der Waals surface area contributed by atoms with Crippen LogP contribution in [0.15, 0.2) is 0 Å². The average molecular weight is 214 g/mol. The zero-order chi connectivity index (χ0) is 11.4. The molecule has 1 saturated heterocycles. The molecule has 1 N–H and O–H groups in total. The van der Waals surface area contributed by atoms with Crippen molar-refractivity contribution in [3.05, 3.63) is 0 Å². The van der Waals surface area contributed by atoms with Gasteiger partial charge in [-0.25, -0.2) is 0 Å². The first-order valence-corrected chi connectivity index (χ1v) is 5.31. The molecule has 0 aromatic rings. The molecule has 0 radical (unpaired) electrons. The molecule has 1 unspecified atom stereocenters. The van der Waals surface area contributed by atoms with Gasteiger partial charge in [0.2, 0.25) is 5.91 Å². The van der Waals surface area contributed by atoms with E-state index in [1.54, 1.807) is 11.8 Å². The first-order chi connectivity index (χ1) is 7.06. The predicted molar refractivity (Wildman–Crippen MR) is 55.5 cm³/mol. The molecule has 0 aromatic carbocycles. The lowest BCUT2D eigenvalue weighted by atomic mass is 10.2. The first-order valence-electron chi connectivity index (χ1n) is 5.31. The van der Waals surface area contributed by atoms with Gasteiger partial charge < -0.3 is 10.0 Å².